The number of benzene rings is 2. The molecule has 1 aliphatic rings. The minimum Gasteiger partial charge on any atom is -0.0626 e. The van der Waals surface area contributed by atoms with Crippen LogP contribution in [0.1, 0.15) is 62.4 Å². The molecule has 0 atom stereocenters. The van der Waals surface area contributed by atoms with Crippen molar-refractivity contribution in [2.24, 2.45) is 5.92 Å². The van der Waals surface area contributed by atoms with Crippen molar-refractivity contribution in [3.05, 3.63) is 63.7 Å². The molecule has 0 heterocycles. The topological polar surface area (TPSA) is 0 Å². The minimum absolute atomic E-state index is 0.203. The lowest BCUT2D eigenvalue weighted by Gasteiger charge is -2.20. The SMILES string of the molecule is Cc1cc(-c2ccc(C(C)(C)C)cc2)c2c(c1C)CC(C(C)C)=C2. The maximum absolute atomic E-state index is 2.44. The maximum Gasteiger partial charge on any atom is -0.00523 e. The number of fused-ring (bicyclic) bond motifs is 1. The molecule has 1 aliphatic carbocycles. The highest BCUT2D eigenvalue weighted by molar-refractivity contribution is 5.82. The molecule has 2 aromatic rings. The Bertz CT molecular complexity index is 793. The third-order valence-corrected chi connectivity index (χ3v) is 5.53. The van der Waals surface area contributed by atoms with E-state index in [-0.39, 0.29) is 5.41 Å². The van der Waals surface area contributed by atoms with Crippen LogP contribution >= 0.6 is 0 Å². The van der Waals surface area contributed by atoms with E-state index in [9.17, 15) is 0 Å². The fraction of sp³-hybridized carbons (Fsp3) is 0.417. The Morgan fingerprint density at radius 2 is 1.58 bits per heavy atom. The summed E-state index contributed by atoms with van der Waals surface area (Å²) < 4.78 is 0. The Hall–Kier alpha value is -1.82. The van der Waals surface area contributed by atoms with Crippen molar-refractivity contribution in [1.82, 2.24) is 0 Å². The molecule has 0 saturated heterocycles. The highest BCUT2D eigenvalue weighted by Gasteiger charge is 2.22. The predicted molar refractivity (Wildman–Crippen MR) is 107 cm³/mol. The Morgan fingerprint density at radius 1 is 0.958 bits per heavy atom. The van der Waals surface area contributed by atoms with Gasteiger partial charge in [0.25, 0.3) is 0 Å². The lowest BCUT2D eigenvalue weighted by Crippen LogP contribution is -2.10. The lowest BCUT2D eigenvalue weighted by atomic mass is 9.85. The van der Waals surface area contributed by atoms with Crippen LogP contribution in [0.3, 0.4) is 0 Å². The molecule has 0 fully saturated rings. The van der Waals surface area contributed by atoms with Crippen molar-refractivity contribution >= 4 is 6.08 Å². The molecule has 0 aliphatic heterocycles. The van der Waals surface area contributed by atoms with Crippen molar-refractivity contribution in [2.75, 3.05) is 0 Å². The fourth-order valence-corrected chi connectivity index (χ4v) is 3.60. The molecule has 126 valence electrons. The van der Waals surface area contributed by atoms with E-state index in [1.807, 2.05) is 0 Å². The van der Waals surface area contributed by atoms with Crippen LogP contribution < -0.4 is 0 Å². The van der Waals surface area contributed by atoms with Gasteiger partial charge in [-0.2, -0.15) is 0 Å². The number of aryl methyl sites for hydroxylation is 1. The number of allylic oxidation sites excluding steroid dienone is 1. The van der Waals surface area contributed by atoms with Gasteiger partial charge in [0.15, 0.2) is 0 Å². The standard InChI is InChI=1S/C24H30/c1-15(2)19-13-21-17(4)16(3)12-22(23(21)14-19)18-8-10-20(11-9-18)24(5,6)7/h8-12,14-15H,13H2,1-7H3. The van der Waals surface area contributed by atoms with Crippen LogP contribution in [0.5, 0.6) is 0 Å². The average molecular weight is 319 g/mol. The van der Waals surface area contributed by atoms with Gasteiger partial charge in [-0.3, -0.25) is 0 Å². The first-order valence-corrected chi connectivity index (χ1v) is 9.13. The lowest BCUT2D eigenvalue weighted by molar-refractivity contribution is 0.590. The third kappa shape index (κ3) is 2.95. The molecule has 0 nitrogen and oxygen atoms in total. The zero-order valence-corrected chi connectivity index (χ0v) is 16.2. The van der Waals surface area contributed by atoms with Crippen molar-refractivity contribution in [3.63, 3.8) is 0 Å². The largest absolute Gasteiger partial charge is 0.0626 e. The summed E-state index contributed by atoms with van der Waals surface area (Å²) in [5.74, 6) is 0.619. The molecule has 0 unspecified atom stereocenters. The molecule has 0 bridgehead atoms. The third-order valence-electron chi connectivity index (χ3n) is 5.53. The molecule has 0 spiro atoms. The molecule has 0 amide bonds. The van der Waals surface area contributed by atoms with Gasteiger partial charge in [0.05, 0.1) is 0 Å². The van der Waals surface area contributed by atoms with Crippen LogP contribution in [0.15, 0.2) is 35.9 Å². The van der Waals surface area contributed by atoms with E-state index in [1.165, 1.54) is 38.9 Å². The van der Waals surface area contributed by atoms with Crippen LogP contribution in [0.25, 0.3) is 17.2 Å². The zero-order valence-electron chi connectivity index (χ0n) is 16.2. The van der Waals surface area contributed by atoms with Crippen molar-refractivity contribution in [2.45, 2.75) is 60.3 Å². The number of rotatable bonds is 2. The highest BCUT2D eigenvalue weighted by Crippen LogP contribution is 2.39. The predicted octanol–water partition coefficient (Wildman–Crippen LogP) is 6.86. The second kappa shape index (κ2) is 5.92. The first-order chi connectivity index (χ1) is 11.2. The van der Waals surface area contributed by atoms with Gasteiger partial charge in [0.1, 0.15) is 0 Å². The van der Waals surface area contributed by atoms with E-state index in [2.05, 4.69) is 84.9 Å². The average Bonchev–Trinajstić information content (AvgIpc) is 2.96. The summed E-state index contributed by atoms with van der Waals surface area (Å²) in [5.41, 5.74) is 11.7. The maximum atomic E-state index is 2.44. The molecule has 2 aromatic carbocycles. The van der Waals surface area contributed by atoms with Crippen LogP contribution in [0, 0.1) is 19.8 Å². The molecule has 0 N–H and O–H groups in total. The summed E-state index contributed by atoms with van der Waals surface area (Å²) in [6.07, 6.45) is 3.56. The molecule has 3 rings (SSSR count). The van der Waals surface area contributed by atoms with Crippen molar-refractivity contribution in [1.29, 1.82) is 0 Å². The number of hydrogen-bond donors (Lipinski definition) is 0. The number of hydrogen-bond acceptors (Lipinski definition) is 0. The smallest absolute Gasteiger partial charge is 0.00523 e. The summed E-state index contributed by atoms with van der Waals surface area (Å²) in [6.45, 7) is 15.9. The van der Waals surface area contributed by atoms with E-state index < -0.39 is 0 Å². The van der Waals surface area contributed by atoms with Gasteiger partial charge in [-0.25, -0.2) is 0 Å². The molecule has 0 heteroatoms. The van der Waals surface area contributed by atoms with Crippen LogP contribution in [0.2, 0.25) is 0 Å². The minimum atomic E-state index is 0.203. The highest BCUT2D eigenvalue weighted by atomic mass is 14.3. The van der Waals surface area contributed by atoms with Gasteiger partial charge < -0.3 is 0 Å². The molecule has 0 radical (unpaired) electrons. The molecule has 24 heavy (non-hydrogen) atoms. The Morgan fingerprint density at radius 3 is 2.12 bits per heavy atom. The zero-order chi connectivity index (χ0) is 17.6. The molecular formula is C24H30. The Labute approximate surface area is 147 Å². The van der Waals surface area contributed by atoms with E-state index in [1.54, 1.807) is 5.57 Å². The first kappa shape index (κ1) is 17.0. The van der Waals surface area contributed by atoms with Crippen LogP contribution in [0.4, 0.5) is 0 Å². The first-order valence-electron chi connectivity index (χ1n) is 9.13. The fourth-order valence-electron chi connectivity index (χ4n) is 3.60. The Kier molecular flexibility index (Phi) is 4.20. The summed E-state index contributed by atoms with van der Waals surface area (Å²) in [7, 11) is 0. The summed E-state index contributed by atoms with van der Waals surface area (Å²) in [6, 6.07) is 11.6. The van der Waals surface area contributed by atoms with Crippen LogP contribution in [-0.4, -0.2) is 0 Å². The van der Waals surface area contributed by atoms with Gasteiger partial charge in [-0.05, 0) is 70.5 Å². The van der Waals surface area contributed by atoms with Gasteiger partial charge in [0, 0.05) is 0 Å². The van der Waals surface area contributed by atoms with Crippen molar-refractivity contribution < 1.29 is 0 Å². The van der Waals surface area contributed by atoms with Crippen LogP contribution in [-0.2, 0) is 11.8 Å². The quantitative estimate of drug-likeness (QED) is 0.567. The summed E-state index contributed by atoms with van der Waals surface area (Å²) in [4.78, 5) is 0. The molecular weight excluding hydrogens is 288 g/mol. The summed E-state index contributed by atoms with van der Waals surface area (Å²) in [5, 5.41) is 0. The summed E-state index contributed by atoms with van der Waals surface area (Å²) >= 11 is 0. The monoisotopic (exact) mass is 318 g/mol. The Balaban J connectivity index is 2.13. The molecule has 0 saturated carbocycles. The molecule has 0 aromatic heterocycles. The van der Waals surface area contributed by atoms with E-state index in [4.69, 9.17) is 0 Å². The second-order valence-electron chi connectivity index (χ2n) is 8.64. The van der Waals surface area contributed by atoms with E-state index in [0.717, 1.165) is 6.42 Å². The van der Waals surface area contributed by atoms with Gasteiger partial charge in [-0.1, -0.05) is 76.6 Å². The normalized spacial score (nSPS) is 14.1. The van der Waals surface area contributed by atoms with Gasteiger partial charge >= 0.3 is 0 Å². The van der Waals surface area contributed by atoms with E-state index in [0.29, 0.717) is 5.92 Å². The van der Waals surface area contributed by atoms with E-state index >= 15 is 0 Å². The second-order valence-corrected chi connectivity index (χ2v) is 8.64. The van der Waals surface area contributed by atoms with Gasteiger partial charge in [0.2, 0.25) is 0 Å². The van der Waals surface area contributed by atoms with Crippen molar-refractivity contribution in [3.8, 4) is 11.1 Å². The van der Waals surface area contributed by atoms with Gasteiger partial charge in [-0.15, -0.1) is 0 Å².